The largest absolute Gasteiger partial charge is 0.417 e. The molecule has 1 saturated carbocycles. The Labute approximate surface area is 334 Å². The Balaban J connectivity index is 0.943. The Kier molecular flexibility index (Phi) is 12.6. The van der Waals surface area contributed by atoms with E-state index >= 15 is 4.39 Å². The number of nitrogens with zero attached hydrogens (tertiary/aromatic N) is 5. The second-order valence-electron chi connectivity index (χ2n) is 16.0. The highest BCUT2D eigenvalue weighted by Gasteiger charge is 2.52. The molecule has 1 unspecified atom stereocenters. The topological polar surface area (TPSA) is 141 Å². The van der Waals surface area contributed by atoms with Gasteiger partial charge in [0, 0.05) is 43.0 Å². The zero-order chi connectivity index (χ0) is 41.2. The maximum atomic E-state index is 15.5. The highest BCUT2D eigenvalue weighted by Crippen LogP contribution is 2.41. The van der Waals surface area contributed by atoms with Crippen molar-refractivity contribution in [2.45, 2.75) is 108 Å². The van der Waals surface area contributed by atoms with Gasteiger partial charge in [-0.05, 0) is 127 Å². The normalized spacial score (nSPS) is 26.0. The number of thiocarbonyl (C=S) groups is 1. The van der Waals surface area contributed by atoms with Gasteiger partial charge in [0.1, 0.15) is 11.6 Å². The number of benzene rings is 2. The second kappa shape index (κ2) is 17.1. The first kappa shape index (κ1) is 42.0. The molecule has 3 atom stereocenters. The van der Waals surface area contributed by atoms with E-state index in [2.05, 4.69) is 20.9 Å². The number of piperazine rings is 1. The van der Waals surface area contributed by atoms with Crippen molar-refractivity contribution in [1.29, 1.82) is 5.26 Å². The van der Waals surface area contributed by atoms with Crippen molar-refractivity contribution in [1.82, 2.24) is 20.0 Å². The van der Waals surface area contributed by atoms with Crippen molar-refractivity contribution in [3.63, 3.8) is 0 Å². The maximum Gasteiger partial charge on any atom is 0.417 e. The molecule has 6 rings (SSSR count). The Morgan fingerprint density at radius 2 is 1.75 bits per heavy atom. The molecule has 3 heterocycles. The fourth-order valence-electron chi connectivity index (χ4n) is 8.62. The number of carbonyl (C=O) groups excluding carboxylic acids is 4. The van der Waals surface area contributed by atoms with Gasteiger partial charge in [-0.15, -0.1) is 0 Å². The maximum absolute atomic E-state index is 15.5. The number of nitrogens with one attached hydrogen (secondary N) is 3. The number of nitriles is 1. The zero-order valence-electron chi connectivity index (χ0n) is 32.2. The summed E-state index contributed by atoms with van der Waals surface area (Å²) < 4.78 is 56.7. The fraction of sp³-hybridized carbons (Fsp3) is 0.550. The lowest BCUT2D eigenvalue weighted by Crippen LogP contribution is -2.57. The predicted molar refractivity (Wildman–Crippen MR) is 210 cm³/mol. The van der Waals surface area contributed by atoms with Gasteiger partial charge in [0.05, 0.1) is 29.4 Å². The summed E-state index contributed by atoms with van der Waals surface area (Å²) in [6.07, 6.45) is -0.347. The molecule has 4 fully saturated rings. The lowest BCUT2D eigenvalue weighted by atomic mass is 9.82. The number of hydrogen-bond acceptors (Lipinski definition) is 9. The van der Waals surface area contributed by atoms with E-state index in [-0.39, 0.29) is 54.2 Å². The number of carbonyl (C=O) groups is 4. The monoisotopic (exact) mass is 812 g/mol. The molecule has 0 aromatic heterocycles. The van der Waals surface area contributed by atoms with Crippen LogP contribution in [0.3, 0.4) is 0 Å². The van der Waals surface area contributed by atoms with Crippen molar-refractivity contribution in [3.05, 3.63) is 53.6 Å². The van der Waals surface area contributed by atoms with E-state index in [4.69, 9.17) is 12.2 Å². The molecule has 3 saturated heterocycles. The van der Waals surface area contributed by atoms with E-state index < -0.39 is 47.0 Å². The minimum atomic E-state index is -4.77. The summed E-state index contributed by atoms with van der Waals surface area (Å²) in [5.41, 5.74) is -1.61. The lowest BCUT2D eigenvalue weighted by Gasteiger charge is -2.42. The first-order valence-electron chi connectivity index (χ1n) is 19.4. The number of amides is 4. The number of rotatable bonds is 11. The molecule has 3 N–H and O–H groups in total. The van der Waals surface area contributed by atoms with Crippen LogP contribution in [0.15, 0.2) is 42.5 Å². The van der Waals surface area contributed by atoms with E-state index in [0.29, 0.717) is 30.3 Å². The highest BCUT2D eigenvalue weighted by molar-refractivity contribution is 7.80. The van der Waals surface area contributed by atoms with Gasteiger partial charge < -0.3 is 15.5 Å². The van der Waals surface area contributed by atoms with E-state index in [1.54, 1.807) is 49.1 Å². The number of piperidine rings is 1. The quantitative estimate of drug-likeness (QED) is 0.111. The van der Waals surface area contributed by atoms with Crippen LogP contribution in [-0.2, 0) is 25.4 Å². The molecule has 4 aliphatic rings. The molecule has 0 radical (unpaired) electrons. The van der Waals surface area contributed by atoms with Gasteiger partial charge in [-0.1, -0.05) is 6.07 Å². The van der Waals surface area contributed by atoms with Gasteiger partial charge in [-0.2, -0.15) is 18.4 Å². The van der Waals surface area contributed by atoms with Gasteiger partial charge in [0.15, 0.2) is 11.4 Å². The zero-order valence-corrected chi connectivity index (χ0v) is 33.0. The number of imide groups is 1. The van der Waals surface area contributed by atoms with Crippen LogP contribution in [0.1, 0.15) is 83.3 Å². The minimum Gasteiger partial charge on any atom is -0.374 e. The minimum absolute atomic E-state index is 0.0154. The molecule has 4 amide bonds. The predicted octanol–water partition coefficient (Wildman–Crippen LogP) is 5.79. The summed E-state index contributed by atoms with van der Waals surface area (Å²) in [4.78, 5) is 56.9. The SMILES string of the molecule is C[C@H]1CN(CCC[C@H]2CC[C@H](N3C(=S)N(c4ccc(C#N)c(C(F)(F)F)c4)C(=O)C3(C)C)CC2)C[C@@H](F)N1CC(=O)Nc1cccc(NC2CCC(=O)NC2=O)c1. The van der Waals surface area contributed by atoms with Gasteiger partial charge in [0.25, 0.3) is 5.91 Å². The third-order valence-electron chi connectivity index (χ3n) is 11.6. The van der Waals surface area contributed by atoms with E-state index in [9.17, 15) is 37.6 Å². The summed E-state index contributed by atoms with van der Waals surface area (Å²) in [7, 11) is 0. The molecular weight excluding hydrogens is 765 g/mol. The van der Waals surface area contributed by atoms with Crippen molar-refractivity contribution < 1.29 is 36.7 Å². The Morgan fingerprint density at radius 3 is 2.42 bits per heavy atom. The lowest BCUT2D eigenvalue weighted by molar-refractivity contribution is -0.138. The van der Waals surface area contributed by atoms with Crippen LogP contribution in [-0.4, -0.2) is 99.6 Å². The number of halogens is 4. The fourth-order valence-corrected chi connectivity index (χ4v) is 9.19. The first-order chi connectivity index (χ1) is 27.0. The third-order valence-corrected chi connectivity index (χ3v) is 12.0. The van der Waals surface area contributed by atoms with Crippen LogP contribution in [0.25, 0.3) is 0 Å². The first-order valence-corrected chi connectivity index (χ1v) is 19.8. The van der Waals surface area contributed by atoms with Crippen LogP contribution < -0.4 is 20.9 Å². The Hall–Kier alpha value is -4.66. The van der Waals surface area contributed by atoms with Crippen LogP contribution in [0, 0.1) is 17.2 Å². The molecule has 3 aliphatic heterocycles. The molecule has 2 aromatic rings. The number of hydrogen-bond donors (Lipinski definition) is 3. The molecule has 0 bridgehead atoms. The summed E-state index contributed by atoms with van der Waals surface area (Å²) in [6.45, 7) is 6.77. The van der Waals surface area contributed by atoms with Gasteiger partial charge in [-0.25, -0.2) is 4.39 Å². The molecule has 17 heteroatoms. The van der Waals surface area contributed by atoms with Crippen LogP contribution in [0.2, 0.25) is 0 Å². The van der Waals surface area contributed by atoms with Gasteiger partial charge in [0.2, 0.25) is 17.7 Å². The highest BCUT2D eigenvalue weighted by atomic mass is 32.1. The molecule has 1 aliphatic carbocycles. The molecule has 2 aromatic carbocycles. The van der Waals surface area contributed by atoms with Crippen molar-refractivity contribution in [3.8, 4) is 6.07 Å². The van der Waals surface area contributed by atoms with Crippen LogP contribution >= 0.6 is 12.2 Å². The van der Waals surface area contributed by atoms with Crippen molar-refractivity contribution >= 4 is 58.0 Å². The number of alkyl halides is 4. The summed E-state index contributed by atoms with van der Waals surface area (Å²) in [6, 6.07) is 10.8. The van der Waals surface area contributed by atoms with Crippen molar-refractivity contribution in [2.24, 2.45) is 5.92 Å². The number of anilines is 3. The molecular formula is C40H48F4N8O4S. The smallest absolute Gasteiger partial charge is 0.374 e. The van der Waals surface area contributed by atoms with Gasteiger partial charge in [-0.3, -0.25) is 39.2 Å². The van der Waals surface area contributed by atoms with E-state index in [1.165, 1.54) is 6.07 Å². The van der Waals surface area contributed by atoms with Gasteiger partial charge >= 0.3 is 6.18 Å². The van der Waals surface area contributed by atoms with Crippen LogP contribution in [0.4, 0.5) is 34.6 Å². The van der Waals surface area contributed by atoms with Crippen LogP contribution in [0.5, 0.6) is 0 Å². The Bertz CT molecular complexity index is 1920. The van der Waals surface area contributed by atoms with E-state index in [0.717, 1.165) is 62.1 Å². The standard InChI is InChI=1S/C40H48F4N8O4S/c1-24-21-49(22-33(41)50(24)23-35(54)47-28-8-4-7-27(18-28)46-32-15-16-34(53)48-36(32)55)17-5-6-25-9-12-29(13-10-25)52-38(57)51(37(56)39(52,2)3)30-14-11-26(20-45)31(19-30)40(42,43)44/h4,7-8,11,14,18-19,24-25,29,32-33,46H,5-6,9-10,12-13,15-17,21-23H2,1-3H3,(H,47,54)(H,48,53,55)/t24-,25-,29-,32?,33-/m0/s1. The summed E-state index contributed by atoms with van der Waals surface area (Å²) in [5, 5.41) is 17.6. The average Bonchev–Trinajstić information content (AvgIpc) is 3.32. The third kappa shape index (κ3) is 9.39. The molecule has 0 spiro atoms. The molecule has 57 heavy (non-hydrogen) atoms. The average molecular weight is 813 g/mol. The summed E-state index contributed by atoms with van der Waals surface area (Å²) >= 11 is 5.74. The Morgan fingerprint density at radius 1 is 1.04 bits per heavy atom. The second-order valence-corrected chi connectivity index (χ2v) is 16.4. The van der Waals surface area contributed by atoms with Crippen molar-refractivity contribution in [2.75, 3.05) is 41.7 Å². The molecule has 12 nitrogen and oxygen atoms in total. The van der Waals surface area contributed by atoms with E-state index in [1.807, 2.05) is 11.8 Å². The summed E-state index contributed by atoms with van der Waals surface area (Å²) in [5.74, 6) is -1.04. The molecule has 306 valence electrons.